The van der Waals surface area contributed by atoms with Crippen molar-refractivity contribution in [1.82, 2.24) is 10.4 Å². The summed E-state index contributed by atoms with van der Waals surface area (Å²) in [6, 6.07) is 0. The third-order valence-corrected chi connectivity index (χ3v) is 3.22. The Hall–Kier alpha value is -1.56. The van der Waals surface area contributed by atoms with Crippen molar-refractivity contribution in [3.63, 3.8) is 0 Å². The second-order valence-corrected chi connectivity index (χ2v) is 4.16. The van der Waals surface area contributed by atoms with E-state index in [1.807, 2.05) is 24.6 Å². The fourth-order valence-electron chi connectivity index (χ4n) is 2.43. The Morgan fingerprint density at radius 1 is 1.53 bits per heavy atom. The van der Waals surface area contributed by atoms with Crippen LogP contribution in [0.25, 0.3) is 0 Å². The van der Waals surface area contributed by atoms with Gasteiger partial charge in [-0.05, 0) is 12.2 Å². The molecular weight excluding hydrogens is 214 g/mol. The van der Waals surface area contributed by atoms with Crippen LogP contribution in [0.15, 0.2) is 46.1 Å². The van der Waals surface area contributed by atoms with E-state index in [-0.39, 0.29) is 5.54 Å². The molecule has 3 N–H and O–H groups in total. The van der Waals surface area contributed by atoms with Crippen LogP contribution in [0.4, 0.5) is 0 Å². The van der Waals surface area contributed by atoms with E-state index in [1.54, 1.807) is 0 Å². The Labute approximate surface area is 100 Å². The number of rotatable bonds is 3. The van der Waals surface area contributed by atoms with Gasteiger partial charge in [-0.3, -0.25) is 15.4 Å². The largest absolute Gasteiger partial charge is 0.329 e. The molecule has 0 aromatic carbocycles. The monoisotopic (exact) mass is 229 g/mol. The van der Waals surface area contributed by atoms with Gasteiger partial charge in [0.25, 0.3) is 0 Å². The maximum atomic E-state index is 5.54. The molecule has 0 aromatic rings. The minimum atomic E-state index is -0.286. The zero-order valence-corrected chi connectivity index (χ0v) is 9.50. The Morgan fingerprint density at radius 3 is 3.35 bits per heavy atom. The van der Waals surface area contributed by atoms with Gasteiger partial charge in [-0.25, -0.2) is 5.01 Å². The minimum absolute atomic E-state index is 0.286. The smallest absolute Gasteiger partial charge is 0.125 e. The van der Waals surface area contributed by atoms with E-state index in [0.29, 0.717) is 13.2 Å². The molecule has 0 saturated heterocycles. The first-order chi connectivity index (χ1) is 8.38. The highest BCUT2D eigenvalue weighted by atomic mass is 15.6. The standard InChI is InChI=1S/C12H15N5/c13-5-7-16-17-9-14-8-10-2-1-3-11-12(10,17)4-6-15-11/h1-4,6,8,16H,5,7,9,13H2. The van der Waals surface area contributed by atoms with Crippen molar-refractivity contribution < 1.29 is 0 Å². The number of nitrogens with two attached hydrogens (primary N) is 1. The Bertz CT molecular complexity index is 471. The van der Waals surface area contributed by atoms with E-state index in [1.165, 1.54) is 0 Å². The van der Waals surface area contributed by atoms with Crippen LogP contribution in [-0.4, -0.2) is 42.2 Å². The first kappa shape index (κ1) is 10.6. The first-order valence-corrected chi connectivity index (χ1v) is 5.74. The van der Waals surface area contributed by atoms with Crippen LogP contribution in [0, 0.1) is 0 Å². The maximum absolute atomic E-state index is 5.54. The van der Waals surface area contributed by atoms with Crippen LogP contribution in [0.5, 0.6) is 0 Å². The molecule has 3 rings (SSSR count). The molecule has 5 heteroatoms. The molecule has 3 aliphatic rings. The van der Waals surface area contributed by atoms with Crippen LogP contribution in [-0.2, 0) is 0 Å². The highest BCUT2D eigenvalue weighted by Gasteiger charge is 2.46. The van der Waals surface area contributed by atoms with Gasteiger partial charge in [0.1, 0.15) is 12.2 Å². The van der Waals surface area contributed by atoms with Crippen molar-refractivity contribution in [2.24, 2.45) is 15.7 Å². The van der Waals surface area contributed by atoms with Crippen LogP contribution < -0.4 is 11.2 Å². The quantitative estimate of drug-likeness (QED) is 0.715. The lowest BCUT2D eigenvalue weighted by atomic mass is 9.81. The number of nitrogens with zero attached hydrogens (tertiary/aromatic N) is 3. The van der Waals surface area contributed by atoms with Gasteiger partial charge >= 0.3 is 0 Å². The summed E-state index contributed by atoms with van der Waals surface area (Å²) >= 11 is 0. The predicted octanol–water partition coefficient (Wildman–Crippen LogP) is -0.00310. The molecule has 17 heavy (non-hydrogen) atoms. The lowest BCUT2D eigenvalue weighted by molar-refractivity contribution is 0.143. The van der Waals surface area contributed by atoms with E-state index in [4.69, 9.17) is 5.73 Å². The summed E-state index contributed by atoms with van der Waals surface area (Å²) in [7, 11) is 0. The van der Waals surface area contributed by atoms with E-state index in [0.717, 1.165) is 17.8 Å². The molecule has 1 aliphatic carbocycles. The van der Waals surface area contributed by atoms with Crippen molar-refractivity contribution in [3.8, 4) is 0 Å². The molecule has 88 valence electrons. The van der Waals surface area contributed by atoms with E-state index < -0.39 is 0 Å². The molecule has 0 fully saturated rings. The fraction of sp³-hybridized carbons (Fsp3) is 0.333. The normalized spacial score (nSPS) is 29.9. The molecule has 0 amide bonds. The van der Waals surface area contributed by atoms with Crippen LogP contribution in [0.1, 0.15) is 0 Å². The van der Waals surface area contributed by atoms with Gasteiger partial charge in [0.15, 0.2) is 0 Å². The van der Waals surface area contributed by atoms with Gasteiger partial charge in [0.05, 0.1) is 5.71 Å². The molecule has 0 bridgehead atoms. The second kappa shape index (κ2) is 4.03. The number of hydrazine groups is 1. The van der Waals surface area contributed by atoms with E-state index in [2.05, 4.69) is 32.6 Å². The maximum Gasteiger partial charge on any atom is 0.125 e. The van der Waals surface area contributed by atoms with Crippen molar-refractivity contribution in [3.05, 3.63) is 36.1 Å². The Morgan fingerprint density at radius 2 is 2.47 bits per heavy atom. The minimum Gasteiger partial charge on any atom is -0.329 e. The summed E-state index contributed by atoms with van der Waals surface area (Å²) in [5.41, 5.74) is 10.8. The third kappa shape index (κ3) is 1.44. The number of nitrogens with one attached hydrogen (secondary N) is 1. The topological polar surface area (TPSA) is 66.0 Å². The van der Waals surface area contributed by atoms with Crippen LogP contribution in [0.3, 0.4) is 0 Å². The molecule has 2 aliphatic heterocycles. The average Bonchev–Trinajstić information content (AvgIpc) is 2.79. The zero-order chi connectivity index (χ0) is 11.7. The summed E-state index contributed by atoms with van der Waals surface area (Å²) in [6.45, 7) is 1.94. The lowest BCUT2D eigenvalue weighted by Crippen LogP contribution is -2.62. The Balaban J connectivity index is 2.01. The van der Waals surface area contributed by atoms with Gasteiger partial charge in [-0.15, -0.1) is 0 Å². The van der Waals surface area contributed by atoms with Crippen molar-refractivity contribution in [2.45, 2.75) is 5.54 Å². The lowest BCUT2D eigenvalue weighted by Gasteiger charge is -2.43. The molecule has 1 spiro atoms. The summed E-state index contributed by atoms with van der Waals surface area (Å²) in [6.07, 6.45) is 12.0. The summed E-state index contributed by atoms with van der Waals surface area (Å²) in [5.74, 6) is 0. The average molecular weight is 229 g/mol. The van der Waals surface area contributed by atoms with Crippen molar-refractivity contribution in [1.29, 1.82) is 0 Å². The molecular formula is C12H15N5. The number of hydrogen-bond donors (Lipinski definition) is 2. The number of allylic oxidation sites excluding steroid dienone is 2. The number of hydrogen-bond acceptors (Lipinski definition) is 5. The van der Waals surface area contributed by atoms with Gasteiger partial charge in [0.2, 0.25) is 0 Å². The van der Waals surface area contributed by atoms with Gasteiger partial charge in [-0.2, -0.15) is 0 Å². The van der Waals surface area contributed by atoms with Gasteiger partial charge < -0.3 is 5.73 Å². The summed E-state index contributed by atoms with van der Waals surface area (Å²) in [4.78, 5) is 8.78. The summed E-state index contributed by atoms with van der Waals surface area (Å²) < 4.78 is 0. The fourth-order valence-corrected chi connectivity index (χ4v) is 2.43. The Kier molecular flexibility index (Phi) is 2.51. The molecule has 5 nitrogen and oxygen atoms in total. The van der Waals surface area contributed by atoms with E-state index in [9.17, 15) is 0 Å². The van der Waals surface area contributed by atoms with E-state index >= 15 is 0 Å². The van der Waals surface area contributed by atoms with Gasteiger partial charge in [-0.1, -0.05) is 12.2 Å². The second-order valence-electron chi connectivity index (χ2n) is 4.16. The van der Waals surface area contributed by atoms with Crippen molar-refractivity contribution in [2.75, 3.05) is 19.8 Å². The SMILES string of the molecule is NCCNN1CN=CC2=CC=CC3=NC=CC231. The first-order valence-electron chi connectivity index (χ1n) is 5.74. The van der Waals surface area contributed by atoms with Crippen LogP contribution >= 0.6 is 0 Å². The molecule has 1 atom stereocenters. The number of aliphatic imine (C=N–C) groups is 2. The molecule has 2 heterocycles. The van der Waals surface area contributed by atoms with Gasteiger partial charge in [0, 0.05) is 31.1 Å². The zero-order valence-electron chi connectivity index (χ0n) is 9.50. The molecule has 1 unspecified atom stereocenters. The molecule has 0 radical (unpaired) electrons. The highest BCUT2D eigenvalue weighted by Crippen LogP contribution is 2.35. The third-order valence-electron chi connectivity index (χ3n) is 3.22. The van der Waals surface area contributed by atoms with Crippen LogP contribution in [0.2, 0.25) is 0 Å². The molecule has 0 aromatic heterocycles. The highest BCUT2D eigenvalue weighted by molar-refractivity contribution is 6.14. The van der Waals surface area contributed by atoms with Crippen molar-refractivity contribution >= 4 is 11.9 Å². The molecule has 0 saturated carbocycles. The predicted molar refractivity (Wildman–Crippen MR) is 68.8 cm³/mol. The summed E-state index contributed by atoms with van der Waals surface area (Å²) in [5, 5.41) is 2.09.